The van der Waals surface area contributed by atoms with E-state index in [9.17, 15) is 19.5 Å². The molecule has 0 saturated carbocycles. The van der Waals surface area contributed by atoms with Crippen LogP contribution >= 0.6 is 0 Å². The number of hydrogen-bond donors (Lipinski definition) is 1. The number of para-hydroxylation sites is 1. The van der Waals surface area contributed by atoms with Gasteiger partial charge < -0.3 is 29.4 Å². The lowest BCUT2D eigenvalue weighted by Gasteiger charge is -2.37. The van der Waals surface area contributed by atoms with Crippen molar-refractivity contribution >= 4 is 34.8 Å². The summed E-state index contributed by atoms with van der Waals surface area (Å²) in [7, 11) is 0. The van der Waals surface area contributed by atoms with Gasteiger partial charge in [0.1, 0.15) is 11.6 Å². The molecule has 9 nitrogen and oxygen atoms in total. The zero-order valence-corrected chi connectivity index (χ0v) is 27.2. The van der Waals surface area contributed by atoms with Gasteiger partial charge in [0.05, 0.1) is 17.4 Å². The second kappa shape index (κ2) is 13.0. The van der Waals surface area contributed by atoms with Gasteiger partial charge >= 0.3 is 0 Å². The maximum Gasteiger partial charge on any atom is 0.253 e. The number of nitrogens with zero attached hydrogens (tertiary/aromatic N) is 4. The number of carbonyl (C=O) groups excluding carboxylic acids is 3. The van der Waals surface area contributed by atoms with Crippen LogP contribution in [0.25, 0.3) is 0 Å². The molecule has 0 bridgehead atoms. The van der Waals surface area contributed by atoms with Gasteiger partial charge in [-0.15, -0.1) is 0 Å². The van der Waals surface area contributed by atoms with Crippen molar-refractivity contribution in [2.75, 3.05) is 54.0 Å². The Labute approximate surface area is 272 Å². The molecule has 2 aromatic carbocycles. The first-order chi connectivity index (χ1) is 22.3. The van der Waals surface area contributed by atoms with Crippen LogP contribution in [0.5, 0.6) is 0 Å². The van der Waals surface area contributed by atoms with Crippen molar-refractivity contribution in [1.29, 1.82) is 0 Å². The lowest BCUT2D eigenvalue weighted by atomic mass is 9.74. The van der Waals surface area contributed by atoms with Crippen LogP contribution in [0.1, 0.15) is 46.5 Å². The van der Waals surface area contributed by atoms with Gasteiger partial charge in [-0.1, -0.05) is 55.3 Å². The van der Waals surface area contributed by atoms with Gasteiger partial charge in [-0.25, -0.2) is 0 Å². The lowest BCUT2D eigenvalue weighted by Crippen LogP contribution is -2.56. The second-order valence-corrected chi connectivity index (χ2v) is 12.9. The molecule has 0 radical (unpaired) electrons. The number of aliphatic hydroxyl groups excluding tert-OH is 1. The Morgan fingerprint density at radius 3 is 2.09 bits per heavy atom. The fourth-order valence-corrected chi connectivity index (χ4v) is 8.01. The normalized spacial score (nSPS) is 28.7. The minimum Gasteiger partial charge on any atom is -0.396 e. The lowest BCUT2D eigenvalue weighted by molar-refractivity contribution is -0.144. The number of fused-ring (bicyclic) bond motifs is 2. The van der Waals surface area contributed by atoms with E-state index in [1.165, 1.54) is 0 Å². The van der Waals surface area contributed by atoms with Crippen LogP contribution in [0, 0.1) is 11.8 Å². The number of likely N-dealkylation sites (tertiary alicyclic amines) is 1. The van der Waals surface area contributed by atoms with Crippen molar-refractivity contribution in [2.24, 2.45) is 11.8 Å². The number of hydrogen-bond acceptors (Lipinski definition) is 6. The molecule has 4 heterocycles. The summed E-state index contributed by atoms with van der Waals surface area (Å²) in [4.78, 5) is 51.4. The standard InChI is InChI=1S/C37H46N4O5/c1-4-38(5-2)27-17-19-29(20-18-27)40-25-14-22-37-31(34(44)41(32(37)35(40)45)23-11-6-7-12-26-42)30-33(43)39(28-15-9-8-10-16-28)24-13-21-36(30,3)46-37/h8-10,13-22,30-32,42H,4-7,11-12,23-26H2,1-3H3/t30-,31-,32?,36+,37-/m0/s1. The fourth-order valence-electron chi connectivity index (χ4n) is 8.01. The first-order valence-corrected chi connectivity index (χ1v) is 16.8. The van der Waals surface area contributed by atoms with Crippen LogP contribution in [0.4, 0.5) is 17.1 Å². The van der Waals surface area contributed by atoms with E-state index in [1.54, 1.807) is 14.7 Å². The molecule has 0 aliphatic carbocycles. The molecule has 4 aliphatic rings. The number of rotatable bonds is 11. The quantitative estimate of drug-likeness (QED) is 0.291. The van der Waals surface area contributed by atoms with Gasteiger partial charge in [0.2, 0.25) is 11.8 Å². The predicted octanol–water partition coefficient (Wildman–Crippen LogP) is 4.56. The van der Waals surface area contributed by atoms with E-state index in [1.807, 2.05) is 85.8 Å². The summed E-state index contributed by atoms with van der Waals surface area (Å²) in [6.07, 6.45) is 10.7. The van der Waals surface area contributed by atoms with E-state index in [-0.39, 0.29) is 24.3 Å². The highest BCUT2D eigenvalue weighted by Crippen LogP contribution is 2.57. The minimum atomic E-state index is -1.30. The van der Waals surface area contributed by atoms with Crippen molar-refractivity contribution in [2.45, 2.75) is 63.7 Å². The Balaban J connectivity index is 1.39. The summed E-state index contributed by atoms with van der Waals surface area (Å²) < 4.78 is 6.99. The molecular weight excluding hydrogens is 580 g/mol. The maximum absolute atomic E-state index is 14.8. The minimum absolute atomic E-state index is 0.128. The number of anilines is 3. The third kappa shape index (κ3) is 5.33. The Hall–Kier alpha value is -3.95. The number of benzene rings is 2. The number of ether oxygens (including phenoxy) is 1. The average Bonchev–Trinajstić information content (AvgIpc) is 3.32. The third-order valence-corrected chi connectivity index (χ3v) is 10.2. The molecule has 6 rings (SSSR count). The molecule has 5 atom stereocenters. The largest absolute Gasteiger partial charge is 0.396 e. The second-order valence-electron chi connectivity index (χ2n) is 12.9. The molecule has 2 fully saturated rings. The Bertz CT molecular complexity index is 1490. The zero-order valence-electron chi connectivity index (χ0n) is 27.2. The number of carbonyl (C=O) groups is 3. The Kier molecular flexibility index (Phi) is 9.08. The summed E-state index contributed by atoms with van der Waals surface area (Å²) in [6, 6.07) is 16.6. The van der Waals surface area contributed by atoms with Crippen LogP contribution in [0.15, 0.2) is 78.9 Å². The van der Waals surface area contributed by atoms with E-state index in [0.29, 0.717) is 32.5 Å². The smallest absolute Gasteiger partial charge is 0.253 e. The molecule has 1 unspecified atom stereocenters. The van der Waals surface area contributed by atoms with Gasteiger partial charge in [0, 0.05) is 56.4 Å². The molecule has 1 spiro atoms. The molecule has 0 aromatic heterocycles. The highest BCUT2D eigenvalue weighted by Gasteiger charge is 2.74. The number of aliphatic hydroxyl groups is 1. The van der Waals surface area contributed by atoms with E-state index in [0.717, 1.165) is 43.0 Å². The highest BCUT2D eigenvalue weighted by atomic mass is 16.5. The van der Waals surface area contributed by atoms with E-state index >= 15 is 0 Å². The number of unbranched alkanes of at least 4 members (excludes halogenated alkanes) is 3. The van der Waals surface area contributed by atoms with Crippen LogP contribution in [-0.2, 0) is 19.1 Å². The molecule has 46 heavy (non-hydrogen) atoms. The summed E-state index contributed by atoms with van der Waals surface area (Å²) in [5.41, 5.74) is 0.235. The zero-order chi connectivity index (χ0) is 32.5. The van der Waals surface area contributed by atoms with Gasteiger partial charge in [-0.05, 0) is 70.0 Å². The van der Waals surface area contributed by atoms with Crippen molar-refractivity contribution in [3.8, 4) is 0 Å². The molecule has 244 valence electrons. The highest BCUT2D eigenvalue weighted by molar-refractivity contribution is 6.07. The van der Waals surface area contributed by atoms with Crippen molar-refractivity contribution in [3.05, 3.63) is 78.9 Å². The van der Waals surface area contributed by atoms with E-state index in [4.69, 9.17) is 4.74 Å². The first-order valence-electron chi connectivity index (χ1n) is 16.8. The maximum atomic E-state index is 14.8. The molecule has 2 saturated heterocycles. The molecule has 4 aliphatic heterocycles. The van der Waals surface area contributed by atoms with Crippen molar-refractivity contribution < 1.29 is 24.2 Å². The molecule has 1 N–H and O–H groups in total. The molecular formula is C37H46N4O5. The van der Waals surface area contributed by atoms with Gasteiger partial charge in [0.25, 0.3) is 5.91 Å². The Morgan fingerprint density at radius 2 is 1.41 bits per heavy atom. The van der Waals surface area contributed by atoms with Crippen LogP contribution in [-0.4, -0.2) is 84.3 Å². The van der Waals surface area contributed by atoms with Crippen LogP contribution in [0.3, 0.4) is 0 Å². The van der Waals surface area contributed by atoms with Gasteiger partial charge in [0.15, 0.2) is 0 Å². The van der Waals surface area contributed by atoms with Crippen molar-refractivity contribution in [3.63, 3.8) is 0 Å². The molecule has 2 aromatic rings. The predicted molar refractivity (Wildman–Crippen MR) is 180 cm³/mol. The van der Waals surface area contributed by atoms with Crippen LogP contribution in [0.2, 0.25) is 0 Å². The monoisotopic (exact) mass is 626 g/mol. The van der Waals surface area contributed by atoms with Crippen LogP contribution < -0.4 is 14.7 Å². The van der Waals surface area contributed by atoms with Gasteiger partial charge in [-0.2, -0.15) is 0 Å². The SMILES string of the molecule is CCN(CC)c1ccc(N2CC=C[C@]34O[C@]5(C)C=CCN(c6ccccc6)C(=O)[C@@H]5[C@H]3C(=O)N(CCCCCCO)C4C2=O)cc1. The topological polar surface area (TPSA) is 93.6 Å². The fraction of sp³-hybridized carbons (Fsp3) is 0.486. The van der Waals surface area contributed by atoms with Crippen molar-refractivity contribution in [1.82, 2.24) is 4.90 Å². The van der Waals surface area contributed by atoms with Gasteiger partial charge in [-0.3, -0.25) is 14.4 Å². The summed E-state index contributed by atoms with van der Waals surface area (Å²) in [5, 5.41) is 9.26. The summed E-state index contributed by atoms with van der Waals surface area (Å²) >= 11 is 0. The summed E-state index contributed by atoms with van der Waals surface area (Å²) in [6.45, 7) is 9.09. The van der Waals surface area contributed by atoms with E-state index in [2.05, 4.69) is 18.7 Å². The third-order valence-electron chi connectivity index (χ3n) is 10.2. The first kappa shape index (κ1) is 32.0. The summed E-state index contributed by atoms with van der Waals surface area (Å²) in [5.74, 6) is -2.26. The number of amides is 3. The average molecular weight is 627 g/mol. The molecule has 9 heteroatoms. The van der Waals surface area contributed by atoms with E-state index < -0.39 is 29.1 Å². The molecule has 3 amide bonds. The Morgan fingerprint density at radius 1 is 0.783 bits per heavy atom.